The van der Waals surface area contributed by atoms with Crippen LogP contribution in [0.4, 0.5) is 30.7 Å². The lowest BCUT2D eigenvalue weighted by Crippen LogP contribution is -2.14. The van der Waals surface area contributed by atoms with Gasteiger partial charge < -0.3 is 9.84 Å². The fraction of sp³-hybridized carbons (Fsp3) is 0.296. The molecular formula is C27H23F7O3. The van der Waals surface area contributed by atoms with Gasteiger partial charge in [-0.05, 0) is 71.5 Å². The van der Waals surface area contributed by atoms with Crippen LogP contribution in [0.3, 0.4) is 0 Å². The second-order valence-corrected chi connectivity index (χ2v) is 8.97. The summed E-state index contributed by atoms with van der Waals surface area (Å²) in [5.74, 6) is -3.08. The average Bonchev–Trinajstić information content (AvgIpc) is 2.79. The van der Waals surface area contributed by atoms with E-state index in [9.17, 15) is 40.6 Å². The van der Waals surface area contributed by atoms with E-state index in [1.165, 1.54) is 30.3 Å². The van der Waals surface area contributed by atoms with E-state index in [0.717, 1.165) is 12.1 Å². The van der Waals surface area contributed by atoms with Gasteiger partial charge >= 0.3 is 18.3 Å². The number of carboxylic acids is 1. The highest BCUT2D eigenvalue weighted by molar-refractivity contribution is 5.78. The zero-order valence-electron chi connectivity index (χ0n) is 19.8. The number of benzene rings is 3. The van der Waals surface area contributed by atoms with E-state index in [2.05, 4.69) is 0 Å². The Labute approximate surface area is 208 Å². The smallest absolute Gasteiger partial charge is 0.416 e. The molecule has 0 saturated heterocycles. The molecule has 1 N–H and O–H groups in total. The van der Waals surface area contributed by atoms with E-state index >= 15 is 0 Å². The Morgan fingerprint density at radius 1 is 0.865 bits per heavy atom. The molecule has 0 radical (unpaired) electrons. The van der Waals surface area contributed by atoms with Gasteiger partial charge in [-0.15, -0.1) is 0 Å². The molecular weight excluding hydrogens is 505 g/mol. The molecule has 0 unspecified atom stereocenters. The second-order valence-electron chi connectivity index (χ2n) is 8.97. The molecule has 37 heavy (non-hydrogen) atoms. The van der Waals surface area contributed by atoms with Crippen LogP contribution in [0.5, 0.6) is 5.75 Å². The van der Waals surface area contributed by atoms with Crippen LogP contribution in [0.2, 0.25) is 0 Å². The van der Waals surface area contributed by atoms with Gasteiger partial charge in [0.05, 0.1) is 17.0 Å². The molecule has 3 aromatic carbocycles. The van der Waals surface area contributed by atoms with E-state index in [0.29, 0.717) is 29.3 Å². The van der Waals surface area contributed by atoms with Crippen LogP contribution in [-0.4, -0.2) is 11.1 Å². The number of ether oxygens (including phenoxy) is 1. The lowest BCUT2D eigenvalue weighted by Gasteiger charge is -2.19. The molecule has 0 spiro atoms. The van der Waals surface area contributed by atoms with Gasteiger partial charge in [0.1, 0.15) is 18.2 Å². The molecule has 0 aliphatic rings. The van der Waals surface area contributed by atoms with E-state index in [1.807, 2.05) is 13.8 Å². The van der Waals surface area contributed by atoms with Crippen LogP contribution in [0.15, 0.2) is 60.7 Å². The SMILES string of the molecule is CC(C)C[C@@H](C(=O)O)c1cc(OCc2cc(F)ccc2C(F)(F)F)cc(-c2ccc(C(F)(F)F)cc2)c1. The molecule has 0 aromatic heterocycles. The third-order valence-electron chi connectivity index (χ3n) is 5.65. The molecule has 0 aliphatic heterocycles. The Hall–Kier alpha value is -3.56. The summed E-state index contributed by atoms with van der Waals surface area (Å²) >= 11 is 0. The van der Waals surface area contributed by atoms with E-state index in [4.69, 9.17) is 4.74 Å². The van der Waals surface area contributed by atoms with Gasteiger partial charge in [-0.3, -0.25) is 4.79 Å². The number of halogens is 7. The van der Waals surface area contributed by atoms with Crippen LogP contribution < -0.4 is 4.74 Å². The Bertz CT molecular complexity index is 1250. The number of hydrogen-bond acceptors (Lipinski definition) is 2. The topological polar surface area (TPSA) is 46.5 Å². The largest absolute Gasteiger partial charge is 0.489 e. The van der Waals surface area contributed by atoms with Crippen LogP contribution in [0, 0.1) is 11.7 Å². The molecule has 0 heterocycles. The summed E-state index contributed by atoms with van der Waals surface area (Å²) in [6, 6.07) is 10.4. The minimum atomic E-state index is -4.76. The monoisotopic (exact) mass is 528 g/mol. The molecule has 3 nitrogen and oxygen atoms in total. The number of hydrogen-bond donors (Lipinski definition) is 1. The van der Waals surface area contributed by atoms with Gasteiger partial charge in [-0.2, -0.15) is 26.3 Å². The van der Waals surface area contributed by atoms with Crippen LogP contribution in [0.1, 0.15) is 48.4 Å². The lowest BCUT2D eigenvalue weighted by molar-refractivity contribution is -0.140. The van der Waals surface area contributed by atoms with Crippen LogP contribution in [0.25, 0.3) is 11.1 Å². The van der Waals surface area contributed by atoms with E-state index in [-0.39, 0.29) is 23.7 Å². The molecule has 3 rings (SSSR count). The number of alkyl halides is 6. The van der Waals surface area contributed by atoms with Gasteiger partial charge in [0.15, 0.2) is 0 Å². The first-order chi connectivity index (χ1) is 17.1. The molecule has 0 bridgehead atoms. The minimum Gasteiger partial charge on any atom is -0.489 e. The van der Waals surface area contributed by atoms with Crippen molar-refractivity contribution in [1.82, 2.24) is 0 Å². The van der Waals surface area contributed by atoms with Crippen molar-refractivity contribution in [1.29, 1.82) is 0 Å². The first-order valence-electron chi connectivity index (χ1n) is 11.2. The molecule has 0 amide bonds. The van der Waals surface area contributed by atoms with E-state index in [1.54, 1.807) is 0 Å². The van der Waals surface area contributed by atoms with Crippen molar-refractivity contribution in [3.8, 4) is 16.9 Å². The maximum absolute atomic E-state index is 13.7. The summed E-state index contributed by atoms with van der Waals surface area (Å²) in [7, 11) is 0. The Morgan fingerprint density at radius 3 is 2.05 bits per heavy atom. The van der Waals surface area contributed by atoms with Crippen molar-refractivity contribution in [3.63, 3.8) is 0 Å². The van der Waals surface area contributed by atoms with Gasteiger partial charge in [-0.1, -0.05) is 32.0 Å². The average molecular weight is 528 g/mol. The van der Waals surface area contributed by atoms with Crippen molar-refractivity contribution in [2.45, 2.75) is 45.1 Å². The van der Waals surface area contributed by atoms with Crippen molar-refractivity contribution in [2.75, 3.05) is 0 Å². The molecule has 10 heteroatoms. The Balaban J connectivity index is 2.05. The number of rotatable bonds is 8. The highest BCUT2D eigenvalue weighted by Crippen LogP contribution is 2.36. The Kier molecular flexibility index (Phi) is 8.19. The minimum absolute atomic E-state index is 0.0141. The van der Waals surface area contributed by atoms with Crippen molar-refractivity contribution < 1.29 is 45.4 Å². The summed E-state index contributed by atoms with van der Waals surface area (Å²) in [6.07, 6.45) is -9.08. The van der Waals surface area contributed by atoms with Crippen molar-refractivity contribution in [2.24, 2.45) is 5.92 Å². The lowest BCUT2D eigenvalue weighted by atomic mass is 9.88. The highest BCUT2D eigenvalue weighted by Gasteiger charge is 2.34. The molecule has 0 aliphatic carbocycles. The molecule has 3 aromatic rings. The quantitative estimate of drug-likeness (QED) is 0.299. The zero-order chi connectivity index (χ0) is 27.5. The van der Waals surface area contributed by atoms with Gasteiger partial charge in [0.2, 0.25) is 0 Å². The summed E-state index contributed by atoms with van der Waals surface area (Å²) in [5, 5.41) is 9.79. The second kappa shape index (κ2) is 10.8. The summed E-state index contributed by atoms with van der Waals surface area (Å²) < 4.78 is 98.3. The van der Waals surface area contributed by atoms with Gasteiger partial charge in [-0.25, -0.2) is 4.39 Å². The summed E-state index contributed by atoms with van der Waals surface area (Å²) in [6.45, 7) is 2.95. The fourth-order valence-corrected chi connectivity index (χ4v) is 3.90. The standard InChI is InChI=1S/C27H23F7O3/c1-15(2)9-23(25(35)36)18-10-17(16-3-5-20(6-4-16)26(29,30)31)12-22(13-18)37-14-19-11-21(28)7-8-24(19)27(32,33)34/h3-8,10-13,15,23H,9,14H2,1-2H3,(H,35,36)/t23-/m1/s1. The van der Waals surface area contributed by atoms with Gasteiger partial charge in [0, 0.05) is 5.56 Å². The predicted octanol–water partition coefficient (Wildman–Crippen LogP) is 8.32. The zero-order valence-corrected chi connectivity index (χ0v) is 19.8. The number of carbonyl (C=O) groups is 1. The predicted molar refractivity (Wildman–Crippen MR) is 122 cm³/mol. The summed E-state index contributed by atoms with van der Waals surface area (Å²) in [5.41, 5.74) is -1.54. The first-order valence-corrected chi connectivity index (χ1v) is 11.2. The molecule has 198 valence electrons. The third-order valence-corrected chi connectivity index (χ3v) is 5.65. The molecule has 1 atom stereocenters. The summed E-state index contributed by atoms with van der Waals surface area (Å²) in [4.78, 5) is 12.0. The normalized spacial score (nSPS) is 13.0. The highest BCUT2D eigenvalue weighted by atomic mass is 19.4. The van der Waals surface area contributed by atoms with Crippen LogP contribution in [-0.2, 0) is 23.8 Å². The van der Waals surface area contributed by atoms with Crippen molar-refractivity contribution >= 4 is 5.97 Å². The number of carboxylic acid groups (broad SMARTS) is 1. The maximum Gasteiger partial charge on any atom is 0.416 e. The first kappa shape index (κ1) is 28.0. The van der Waals surface area contributed by atoms with E-state index < -0.39 is 53.4 Å². The molecule has 0 saturated carbocycles. The van der Waals surface area contributed by atoms with Crippen LogP contribution >= 0.6 is 0 Å². The third kappa shape index (κ3) is 7.24. The number of aliphatic carboxylic acids is 1. The molecule has 0 fully saturated rings. The van der Waals surface area contributed by atoms with Crippen molar-refractivity contribution in [3.05, 3.63) is 88.7 Å². The maximum atomic E-state index is 13.7. The Morgan fingerprint density at radius 2 is 1.51 bits per heavy atom. The fourth-order valence-electron chi connectivity index (χ4n) is 3.90. The van der Waals surface area contributed by atoms with Gasteiger partial charge in [0.25, 0.3) is 0 Å².